The maximum absolute atomic E-state index is 13.7. The first kappa shape index (κ1) is 25.1. The Morgan fingerprint density at radius 2 is 1.42 bits per heavy atom. The van der Waals surface area contributed by atoms with Crippen molar-refractivity contribution in [3.63, 3.8) is 0 Å². The van der Waals surface area contributed by atoms with Crippen molar-refractivity contribution in [2.45, 2.75) is 76.7 Å². The van der Waals surface area contributed by atoms with Crippen LogP contribution in [0.2, 0.25) is 0 Å². The highest BCUT2D eigenvalue weighted by Crippen LogP contribution is 2.35. The van der Waals surface area contributed by atoms with E-state index >= 15 is 0 Å². The molecule has 0 spiro atoms. The second-order valence-corrected chi connectivity index (χ2v) is 10.5. The molecule has 31 heavy (non-hydrogen) atoms. The number of benzene rings is 2. The van der Waals surface area contributed by atoms with Crippen molar-refractivity contribution in [2.75, 3.05) is 7.11 Å². The zero-order valence-corrected chi connectivity index (χ0v) is 20.4. The Bertz CT molecular complexity index is 966. The third-order valence-corrected chi connectivity index (χ3v) is 7.02. The third-order valence-electron chi connectivity index (χ3n) is 5.41. The molecule has 0 aliphatic rings. The summed E-state index contributed by atoms with van der Waals surface area (Å²) < 4.78 is 34.9. The molecule has 0 aliphatic heterocycles. The molecule has 0 bridgehead atoms. The number of sulfonamides is 1. The Labute approximate surface area is 187 Å². The quantitative estimate of drug-likeness (QED) is 0.544. The lowest BCUT2D eigenvalue weighted by Crippen LogP contribution is -2.43. The summed E-state index contributed by atoms with van der Waals surface area (Å²) in [5.41, 5.74) is 3.50. The smallest absolute Gasteiger partial charge is 0.324 e. The number of carbonyl (C=O) groups is 1. The molecule has 2 aromatic rings. The Kier molecular flexibility index (Phi) is 8.43. The molecule has 2 rings (SSSR count). The number of methoxy groups -OCH3 is 1. The molecule has 0 saturated carbocycles. The van der Waals surface area contributed by atoms with Gasteiger partial charge in [-0.3, -0.25) is 4.79 Å². The Morgan fingerprint density at radius 3 is 1.84 bits per heavy atom. The molecular formula is C25H35NO4S. The number of nitrogens with one attached hydrogen (secondary N) is 1. The maximum atomic E-state index is 13.7. The van der Waals surface area contributed by atoms with Gasteiger partial charge in [0.05, 0.1) is 12.0 Å². The SMILES string of the molecule is COC(=O)[C@@H](Cc1ccccc1)NS(=O)(=O)c1c(C(C)C)cc(C(C)C)cc1C(C)C. The first-order chi connectivity index (χ1) is 14.5. The summed E-state index contributed by atoms with van der Waals surface area (Å²) in [5.74, 6) is -0.314. The van der Waals surface area contributed by atoms with E-state index in [1.807, 2.05) is 70.2 Å². The van der Waals surface area contributed by atoms with Crippen LogP contribution in [-0.4, -0.2) is 27.5 Å². The van der Waals surface area contributed by atoms with E-state index in [9.17, 15) is 13.2 Å². The first-order valence-corrected chi connectivity index (χ1v) is 12.3. The van der Waals surface area contributed by atoms with Crippen molar-refractivity contribution in [1.82, 2.24) is 4.72 Å². The summed E-state index contributed by atoms with van der Waals surface area (Å²) in [6.45, 7) is 12.2. The maximum Gasteiger partial charge on any atom is 0.324 e. The van der Waals surface area contributed by atoms with Gasteiger partial charge in [0.15, 0.2) is 0 Å². The lowest BCUT2D eigenvalue weighted by molar-refractivity contribution is -0.142. The van der Waals surface area contributed by atoms with Crippen molar-refractivity contribution in [3.8, 4) is 0 Å². The van der Waals surface area contributed by atoms with Crippen LogP contribution in [0.5, 0.6) is 0 Å². The van der Waals surface area contributed by atoms with Gasteiger partial charge in [-0.2, -0.15) is 4.72 Å². The summed E-state index contributed by atoms with van der Waals surface area (Å²) >= 11 is 0. The van der Waals surface area contributed by atoms with E-state index in [0.717, 1.165) is 22.3 Å². The Balaban J connectivity index is 2.59. The lowest BCUT2D eigenvalue weighted by Gasteiger charge is -2.24. The molecule has 0 fully saturated rings. The highest BCUT2D eigenvalue weighted by molar-refractivity contribution is 7.89. The predicted octanol–water partition coefficient (Wildman–Crippen LogP) is 5.12. The van der Waals surface area contributed by atoms with Gasteiger partial charge in [0.1, 0.15) is 6.04 Å². The third kappa shape index (κ3) is 6.17. The van der Waals surface area contributed by atoms with Gasteiger partial charge in [0.25, 0.3) is 0 Å². The molecule has 0 heterocycles. The standard InChI is InChI=1S/C25H35NO4S/c1-16(2)20-14-21(17(3)4)24(22(15-20)18(5)6)31(28,29)26-23(25(27)30-7)13-19-11-9-8-10-12-19/h8-12,14-18,23,26H,13H2,1-7H3/t23-/m1/s1. The van der Waals surface area contributed by atoms with Crippen LogP contribution in [-0.2, 0) is 26.0 Å². The summed E-state index contributed by atoms with van der Waals surface area (Å²) in [5, 5.41) is 0. The molecule has 1 N–H and O–H groups in total. The number of ether oxygens (including phenoxy) is 1. The monoisotopic (exact) mass is 445 g/mol. The van der Waals surface area contributed by atoms with Crippen LogP contribution in [0, 0.1) is 0 Å². The summed E-state index contributed by atoms with van der Waals surface area (Å²) in [7, 11) is -2.71. The van der Waals surface area contributed by atoms with Gasteiger partial charge in [-0.05, 0) is 46.4 Å². The summed E-state index contributed by atoms with van der Waals surface area (Å²) in [6.07, 6.45) is 0.213. The fraction of sp³-hybridized carbons (Fsp3) is 0.480. The highest BCUT2D eigenvalue weighted by Gasteiger charge is 2.32. The van der Waals surface area contributed by atoms with Crippen LogP contribution in [0.1, 0.15) is 81.5 Å². The molecule has 170 valence electrons. The molecule has 6 heteroatoms. The van der Waals surface area contributed by atoms with Crippen molar-refractivity contribution in [1.29, 1.82) is 0 Å². The molecule has 2 aromatic carbocycles. The average molecular weight is 446 g/mol. The van der Waals surface area contributed by atoms with E-state index in [-0.39, 0.29) is 29.1 Å². The van der Waals surface area contributed by atoms with Gasteiger partial charge in [-0.15, -0.1) is 0 Å². The molecule has 0 amide bonds. The summed E-state index contributed by atoms with van der Waals surface area (Å²) in [4.78, 5) is 12.7. The predicted molar refractivity (Wildman–Crippen MR) is 125 cm³/mol. The first-order valence-electron chi connectivity index (χ1n) is 10.8. The fourth-order valence-corrected chi connectivity index (χ4v) is 5.49. The minimum atomic E-state index is -3.98. The molecule has 1 atom stereocenters. The summed E-state index contributed by atoms with van der Waals surface area (Å²) in [6, 6.07) is 12.3. The van der Waals surface area contributed by atoms with Crippen molar-refractivity contribution < 1.29 is 17.9 Å². The number of rotatable bonds is 9. The Hall–Kier alpha value is -2.18. The second kappa shape index (κ2) is 10.4. The van der Waals surface area contributed by atoms with E-state index in [1.54, 1.807) is 0 Å². The molecule has 0 aliphatic carbocycles. The van der Waals surface area contributed by atoms with Gasteiger partial charge >= 0.3 is 5.97 Å². The molecular weight excluding hydrogens is 410 g/mol. The van der Waals surface area contributed by atoms with Gasteiger partial charge < -0.3 is 4.74 Å². The minimum absolute atomic E-state index is 0.00785. The van der Waals surface area contributed by atoms with Gasteiger partial charge in [-0.25, -0.2) is 8.42 Å². The van der Waals surface area contributed by atoms with Crippen LogP contribution in [0.4, 0.5) is 0 Å². The van der Waals surface area contributed by atoms with E-state index in [1.165, 1.54) is 7.11 Å². The van der Waals surface area contributed by atoms with Crippen LogP contribution in [0.3, 0.4) is 0 Å². The molecule has 0 radical (unpaired) electrons. The van der Waals surface area contributed by atoms with Crippen LogP contribution < -0.4 is 4.72 Å². The number of carbonyl (C=O) groups excluding carboxylic acids is 1. The number of hydrogen-bond acceptors (Lipinski definition) is 4. The molecule has 0 aromatic heterocycles. The van der Waals surface area contributed by atoms with Gasteiger partial charge in [0.2, 0.25) is 10.0 Å². The van der Waals surface area contributed by atoms with E-state index in [2.05, 4.69) is 18.6 Å². The number of hydrogen-bond donors (Lipinski definition) is 1. The minimum Gasteiger partial charge on any atom is -0.468 e. The van der Waals surface area contributed by atoms with Gasteiger partial charge in [0, 0.05) is 0 Å². The second-order valence-electron chi connectivity index (χ2n) is 8.88. The van der Waals surface area contributed by atoms with Gasteiger partial charge in [-0.1, -0.05) is 84.0 Å². The topological polar surface area (TPSA) is 72.5 Å². The van der Waals surface area contributed by atoms with Crippen molar-refractivity contribution in [3.05, 3.63) is 64.7 Å². The largest absolute Gasteiger partial charge is 0.468 e. The van der Waals surface area contributed by atoms with Crippen LogP contribution >= 0.6 is 0 Å². The van der Waals surface area contributed by atoms with Crippen molar-refractivity contribution >= 4 is 16.0 Å². The highest BCUT2D eigenvalue weighted by atomic mass is 32.2. The zero-order valence-electron chi connectivity index (χ0n) is 19.6. The number of esters is 1. The normalized spacial score (nSPS) is 13.1. The molecule has 0 unspecified atom stereocenters. The zero-order chi connectivity index (χ0) is 23.3. The average Bonchev–Trinajstić information content (AvgIpc) is 2.72. The Morgan fingerprint density at radius 1 is 0.903 bits per heavy atom. The van der Waals surface area contributed by atoms with Crippen molar-refractivity contribution in [2.24, 2.45) is 0 Å². The lowest BCUT2D eigenvalue weighted by atomic mass is 9.89. The van der Waals surface area contributed by atoms with E-state index < -0.39 is 22.0 Å². The molecule has 0 saturated heterocycles. The van der Waals surface area contributed by atoms with Crippen LogP contribution in [0.15, 0.2) is 47.4 Å². The van der Waals surface area contributed by atoms with E-state index in [4.69, 9.17) is 4.74 Å². The fourth-order valence-electron chi connectivity index (χ4n) is 3.61. The van der Waals surface area contributed by atoms with E-state index in [0.29, 0.717) is 0 Å². The molecule has 5 nitrogen and oxygen atoms in total. The van der Waals surface area contributed by atoms with Crippen LogP contribution in [0.25, 0.3) is 0 Å².